The quantitative estimate of drug-likeness (QED) is 0.556. The number of carbonyl (C=O) groups is 2. The van der Waals surface area contributed by atoms with Crippen LogP contribution in [0.2, 0.25) is 0 Å². The van der Waals surface area contributed by atoms with Gasteiger partial charge in [-0.25, -0.2) is 0 Å². The van der Waals surface area contributed by atoms with Crippen molar-refractivity contribution in [3.05, 3.63) is 78.1 Å². The monoisotopic (exact) mass is 416 g/mol. The molecule has 160 valence electrons. The second-order valence-corrected chi connectivity index (χ2v) is 8.16. The van der Waals surface area contributed by atoms with Crippen molar-refractivity contribution in [2.75, 3.05) is 20.1 Å². The third-order valence-corrected chi connectivity index (χ3v) is 6.16. The minimum Gasteiger partial charge on any atom is -0.459 e. The summed E-state index contributed by atoms with van der Waals surface area (Å²) in [5, 5.41) is 1.04. The summed E-state index contributed by atoms with van der Waals surface area (Å²) < 4.78 is 5.95. The normalized spacial score (nSPS) is 16.0. The minimum atomic E-state index is -0.145. The molecule has 1 fully saturated rings. The molecular formula is C26H28N2O3. The minimum absolute atomic E-state index is 0.00116. The summed E-state index contributed by atoms with van der Waals surface area (Å²) in [5.41, 5.74) is 1.84. The lowest BCUT2D eigenvalue weighted by Gasteiger charge is -2.34. The van der Waals surface area contributed by atoms with Crippen LogP contribution in [0.15, 0.2) is 71.2 Å². The van der Waals surface area contributed by atoms with Crippen LogP contribution >= 0.6 is 0 Å². The van der Waals surface area contributed by atoms with E-state index in [1.54, 1.807) is 11.0 Å². The molecular weight excluding hydrogens is 388 g/mol. The maximum Gasteiger partial charge on any atom is 0.246 e. The highest BCUT2D eigenvalue weighted by Crippen LogP contribution is 2.29. The largest absolute Gasteiger partial charge is 0.459 e. The first-order chi connectivity index (χ1) is 15.0. The molecule has 1 aliphatic heterocycles. The van der Waals surface area contributed by atoms with Crippen LogP contribution in [-0.4, -0.2) is 41.8 Å². The van der Waals surface area contributed by atoms with E-state index in [1.165, 1.54) is 0 Å². The van der Waals surface area contributed by atoms with Gasteiger partial charge < -0.3 is 14.2 Å². The number of piperidine rings is 1. The zero-order chi connectivity index (χ0) is 21.8. The maximum atomic E-state index is 13.1. The van der Waals surface area contributed by atoms with Gasteiger partial charge in [0.1, 0.15) is 11.3 Å². The first-order valence-corrected chi connectivity index (χ1v) is 10.8. The van der Waals surface area contributed by atoms with Crippen molar-refractivity contribution in [3.8, 4) is 0 Å². The van der Waals surface area contributed by atoms with Gasteiger partial charge in [0.15, 0.2) is 0 Å². The molecule has 1 saturated heterocycles. The van der Waals surface area contributed by atoms with E-state index in [9.17, 15) is 9.59 Å². The van der Waals surface area contributed by atoms with Crippen molar-refractivity contribution in [2.24, 2.45) is 5.92 Å². The number of fused-ring (bicyclic) bond motifs is 1. The Balaban J connectivity index is 1.33. The van der Waals surface area contributed by atoms with E-state index in [0.717, 1.165) is 22.3 Å². The number of carbonyl (C=O) groups excluding carboxylic acids is 2. The number of likely N-dealkylation sites (tertiary alicyclic amines) is 1. The van der Waals surface area contributed by atoms with Crippen LogP contribution in [0, 0.1) is 5.92 Å². The number of furan rings is 1. The van der Waals surface area contributed by atoms with E-state index >= 15 is 0 Å². The Morgan fingerprint density at radius 2 is 1.74 bits per heavy atom. The van der Waals surface area contributed by atoms with E-state index in [2.05, 4.69) is 0 Å². The van der Waals surface area contributed by atoms with Gasteiger partial charge in [0.25, 0.3) is 0 Å². The molecule has 31 heavy (non-hydrogen) atoms. The summed E-state index contributed by atoms with van der Waals surface area (Å²) in [4.78, 5) is 29.2. The highest BCUT2D eigenvalue weighted by atomic mass is 16.3. The Morgan fingerprint density at radius 1 is 1.06 bits per heavy atom. The number of para-hydroxylation sites is 1. The van der Waals surface area contributed by atoms with Crippen molar-refractivity contribution >= 4 is 28.9 Å². The number of nitrogens with zero attached hydrogens (tertiary/aromatic N) is 2. The van der Waals surface area contributed by atoms with Gasteiger partial charge in [-0.2, -0.15) is 0 Å². The number of rotatable bonds is 5. The Bertz CT molecular complexity index is 1050. The van der Waals surface area contributed by atoms with Crippen LogP contribution in [0.3, 0.4) is 0 Å². The average Bonchev–Trinajstić information content (AvgIpc) is 3.26. The van der Waals surface area contributed by atoms with Crippen LogP contribution < -0.4 is 0 Å². The molecule has 2 aromatic carbocycles. The molecule has 0 saturated carbocycles. The number of hydrogen-bond acceptors (Lipinski definition) is 3. The second kappa shape index (κ2) is 9.21. The molecule has 1 aliphatic rings. The number of amides is 2. The molecule has 0 spiro atoms. The van der Waals surface area contributed by atoms with Gasteiger partial charge in [-0.15, -0.1) is 0 Å². The van der Waals surface area contributed by atoms with Crippen molar-refractivity contribution in [1.29, 1.82) is 0 Å². The molecule has 5 heteroatoms. The summed E-state index contributed by atoms with van der Waals surface area (Å²) in [6.07, 6.45) is 4.82. The van der Waals surface area contributed by atoms with Crippen molar-refractivity contribution < 1.29 is 14.0 Å². The average molecular weight is 417 g/mol. The molecule has 1 unspecified atom stereocenters. The third kappa shape index (κ3) is 4.71. The van der Waals surface area contributed by atoms with Gasteiger partial charge in [0.2, 0.25) is 11.8 Å². The van der Waals surface area contributed by atoms with Crippen LogP contribution in [0.1, 0.15) is 37.1 Å². The molecule has 2 heterocycles. The summed E-state index contributed by atoms with van der Waals surface area (Å²) in [6.45, 7) is 3.19. The summed E-state index contributed by atoms with van der Waals surface area (Å²) in [7, 11) is 1.83. The van der Waals surface area contributed by atoms with Crippen LogP contribution in [-0.2, 0) is 9.59 Å². The summed E-state index contributed by atoms with van der Waals surface area (Å²) in [5.74, 6) is 0.827. The standard InChI is InChI=1S/C26H28N2O3/c1-19(24-18-22-10-6-7-11-23(22)31-24)27(2)26(30)21-14-16-28(17-15-21)25(29)13-12-20-8-4-3-5-9-20/h3-13,18-19,21H,14-17H2,1-2H3/b13-12+. The maximum absolute atomic E-state index is 13.1. The summed E-state index contributed by atoms with van der Waals surface area (Å²) in [6, 6.07) is 19.5. The van der Waals surface area contributed by atoms with E-state index < -0.39 is 0 Å². The Morgan fingerprint density at radius 3 is 2.45 bits per heavy atom. The highest BCUT2D eigenvalue weighted by Gasteiger charge is 2.31. The molecule has 4 rings (SSSR count). The van der Waals surface area contributed by atoms with Gasteiger partial charge in [-0.05, 0) is 43.5 Å². The van der Waals surface area contributed by atoms with E-state index in [-0.39, 0.29) is 23.8 Å². The first kappa shape index (κ1) is 20.9. The Kier molecular flexibility index (Phi) is 6.21. The van der Waals surface area contributed by atoms with Gasteiger partial charge in [0.05, 0.1) is 6.04 Å². The van der Waals surface area contributed by atoms with Crippen molar-refractivity contribution in [2.45, 2.75) is 25.8 Å². The van der Waals surface area contributed by atoms with E-state index in [1.807, 2.05) is 85.6 Å². The fourth-order valence-electron chi connectivity index (χ4n) is 4.06. The van der Waals surface area contributed by atoms with Gasteiger partial charge >= 0.3 is 0 Å². The van der Waals surface area contributed by atoms with Gasteiger partial charge in [-0.3, -0.25) is 9.59 Å². The Labute approximate surface area is 182 Å². The van der Waals surface area contributed by atoms with Crippen LogP contribution in [0.4, 0.5) is 0 Å². The Hall–Kier alpha value is -3.34. The SMILES string of the molecule is CC(c1cc2ccccc2o1)N(C)C(=O)C1CCN(C(=O)/C=C/c2ccccc2)CC1. The van der Waals surface area contributed by atoms with Crippen molar-refractivity contribution in [1.82, 2.24) is 9.80 Å². The summed E-state index contributed by atoms with van der Waals surface area (Å²) >= 11 is 0. The second-order valence-electron chi connectivity index (χ2n) is 8.16. The molecule has 1 atom stereocenters. The molecule has 1 aromatic heterocycles. The molecule has 5 nitrogen and oxygen atoms in total. The van der Waals surface area contributed by atoms with Gasteiger partial charge in [0, 0.05) is 37.5 Å². The molecule has 3 aromatic rings. The molecule has 0 N–H and O–H groups in total. The number of benzene rings is 2. The van der Waals surface area contributed by atoms with Crippen LogP contribution in [0.25, 0.3) is 17.0 Å². The lowest BCUT2D eigenvalue weighted by molar-refractivity contribution is -0.140. The lowest BCUT2D eigenvalue weighted by atomic mass is 9.94. The molecule has 0 bridgehead atoms. The van der Waals surface area contributed by atoms with Crippen molar-refractivity contribution in [3.63, 3.8) is 0 Å². The fourth-order valence-corrected chi connectivity index (χ4v) is 4.06. The number of hydrogen-bond donors (Lipinski definition) is 0. The first-order valence-electron chi connectivity index (χ1n) is 10.8. The molecule has 0 radical (unpaired) electrons. The lowest BCUT2D eigenvalue weighted by Crippen LogP contribution is -2.43. The predicted molar refractivity (Wildman–Crippen MR) is 122 cm³/mol. The molecule has 0 aliphatic carbocycles. The van der Waals surface area contributed by atoms with E-state index in [4.69, 9.17) is 4.42 Å². The van der Waals surface area contributed by atoms with E-state index in [0.29, 0.717) is 25.9 Å². The highest BCUT2D eigenvalue weighted by molar-refractivity contribution is 5.92. The van der Waals surface area contributed by atoms with Crippen LogP contribution in [0.5, 0.6) is 0 Å². The van der Waals surface area contributed by atoms with Gasteiger partial charge in [-0.1, -0.05) is 48.5 Å². The zero-order valence-electron chi connectivity index (χ0n) is 18.0. The fraction of sp³-hybridized carbons (Fsp3) is 0.308. The zero-order valence-corrected chi connectivity index (χ0v) is 18.0. The third-order valence-electron chi connectivity index (χ3n) is 6.16. The predicted octanol–water partition coefficient (Wildman–Crippen LogP) is 4.90. The topological polar surface area (TPSA) is 53.8 Å². The molecule has 2 amide bonds. The smallest absolute Gasteiger partial charge is 0.246 e.